The molecule has 0 aliphatic carbocycles. The Hall–Kier alpha value is -2.29. The summed E-state index contributed by atoms with van der Waals surface area (Å²) in [5.74, 6) is -1.54. The number of aryl methyl sites for hydroxylation is 3. The molecule has 118 valence electrons. The summed E-state index contributed by atoms with van der Waals surface area (Å²) in [5.41, 5.74) is 3.56. The van der Waals surface area contributed by atoms with Crippen LogP contribution in [-0.2, 0) is 19.3 Å². The lowest BCUT2D eigenvalue weighted by Crippen LogP contribution is -2.01. The summed E-state index contributed by atoms with van der Waals surface area (Å²) in [6.45, 7) is 2.15. The number of nitrogens with zero attached hydrogens (tertiary/aromatic N) is 1. The summed E-state index contributed by atoms with van der Waals surface area (Å²) in [5, 5.41) is 1.18. The monoisotopic (exact) mass is 311 g/mol. The summed E-state index contributed by atoms with van der Waals surface area (Å²) < 4.78 is 27.0. The molecular formula is C20H19F2N. The van der Waals surface area contributed by atoms with E-state index in [2.05, 4.69) is 24.0 Å². The molecule has 0 spiro atoms. The van der Waals surface area contributed by atoms with Crippen molar-refractivity contribution in [3.63, 3.8) is 0 Å². The van der Waals surface area contributed by atoms with Gasteiger partial charge in [0.15, 0.2) is 11.6 Å². The molecule has 23 heavy (non-hydrogen) atoms. The van der Waals surface area contributed by atoms with Crippen LogP contribution in [0.4, 0.5) is 8.78 Å². The third kappa shape index (κ3) is 3.39. The van der Waals surface area contributed by atoms with E-state index in [9.17, 15) is 8.78 Å². The molecule has 3 rings (SSSR count). The number of fused-ring (bicyclic) bond motifs is 1. The standard InChI is InChI=1S/C20H19F2N/c1-2-6-15-13-16(23-19-10-4-3-8-17(15)19)12-11-14-7-5-9-18(21)20(14)22/h3-5,7-10,13H,2,6,11-12H2,1H3. The molecule has 1 heterocycles. The topological polar surface area (TPSA) is 12.9 Å². The van der Waals surface area contributed by atoms with Crippen LogP contribution in [0.5, 0.6) is 0 Å². The van der Waals surface area contributed by atoms with E-state index in [1.807, 2.05) is 18.2 Å². The molecule has 0 amide bonds. The van der Waals surface area contributed by atoms with E-state index in [-0.39, 0.29) is 0 Å². The first-order valence-electron chi connectivity index (χ1n) is 7.99. The van der Waals surface area contributed by atoms with Gasteiger partial charge in [0.1, 0.15) is 0 Å². The quantitative estimate of drug-likeness (QED) is 0.627. The van der Waals surface area contributed by atoms with Crippen molar-refractivity contribution >= 4 is 10.9 Å². The molecule has 0 radical (unpaired) electrons. The van der Waals surface area contributed by atoms with E-state index in [1.54, 1.807) is 12.1 Å². The number of halogens is 2. The van der Waals surface area contributed by atoms with Crippen LogP contribution in [0, 0.1) is 11.6 Å². The molecule has 0 atom stereocenters. The van der Waals surface area contributed by atoms with Gasteiger partial charge in [0.2, 0.25) is 0 Å². The van der Waals surface area contributed by atoms with Crippen LogP contribution in [0.2, 0.25) is 0 Å². The fraction of sp³-hybridized carbons (Fsp3) is 0.250. The van der Waals surface area contributed by atoms with Crippen molar-refractivity contribution in [2.75, 3.05) is 0 Å². The number of aromatic nitrogens is 1. The number of hydrogen-bond donors (Lipinski definition) is 0. The Morgan fingerprint density at radius 1 is 0.870 bits per heavy atom. The zero-order chi connectivity index (χ0) is 16.2. The molecule has 3 aromatic rings. The Labute approximate surface area is 135 Å². The van der Waals surface area contributed by atoms with Gasteiger partial charge in [-0.25, -0.2) is 8.78 Å². The van der Waals surface area contributed by atoms with Crippen molar-refractivity contribution in [3.8, 4) is 0 Å². The lowest BCUT2D eigenvalue weighted by Gasteiger charge is -2.09. The molecule has 0 unspecified atom stereocenters. The van der Waals surface area contributed by atoms with Crippen LogP contribution < -0.4 is 0 Å². The molecular weight excluding hydrogens is 292 g/mol. The first-order valence-corrected chi connectivity index (χ1v) is 7.99. The van der Waals surface area contributed by atoms with E-state index in [4.69, 9.17) is 0 Å². The van der Waals surface area contributed by atoms with Crippen molar-refractivity contribution < 1.29 is 8.78 Å². The van der Waals surface area contributed by atoms with Gasteiger partial charge in [0.25, 0.3) is 0 Å². The van der Waals surface area contributed by atoms with E-state index < -0.39 is 11.6 Å². The van der Waals surface area contributed by atoms with Gasteiger partial charge in [0, 0.05) is 11.1 Å². The van der Waals surface area contributed by atoms with Crippen LogP contribution in [-0.4, -0.2) is 4.98 Å². The SMILES string of the molecule is CCCc1cc(CCc2cccc(F)c2F)nc2ccccc12. The maximum atomic E-state index is 13.8. The highest BCUT2D eigenvalue weighted by molar-refractivity contribution is 5.82. The van der Waals surface area contributed by atoms with Crippen molar-refractivity contribution in [2.45, 2.75) is 32.6 Å². The van der Waals surface area contributed by atoms with Crippen LogP contribution in [0.25, 0.3) is 10.9 Å². The Balaban J connectivity index is 1.89. The molecule has 0 saturated carbocycles. The molecule has 1 nitrogen and oxygen atoms in total. The largest absolute Gasteiger partial charge is 0.253 e. The summed E-state index contributed by atoms with van der Waals surface area (Å²) >= 11 is 0. The summed E-state index contributed by atoms with van der Waals surface area (Å²) in [6, 6.07) is 14.5. The van der Waals surface area contributed by atoms with Gasteiger partial charge in [-0.2, -0.15) is 0 Å². The molecule has 0 saturated heterocycles. The predicted octanol–water partition coefficient (Wildman–Crippen LogP) is 5.25. The average molecular weight is 311 g/mol. The van der Waals surface area contributed by atoms with E-state index in [0.29, 0.717) is 18.4 Å². The highest BCUT2D eigenvalue weighted by atomic mass is 19.2. The molecule has 0 N–H and O–H groups in total. The molecule has 0 bridgehead atoms. The Morgan fingerprint density at radius 3 is 2.52 bits per heavy atom. The van der Waals surface area contributed by atoms with Crippen molar-refractivity contribution in [1.29, 1.82) is 0 Å². The van der Waals surface area contributed by atoms with Gasteiger partial charge in [-0.1, -0.05) is 43.7 Å². The van der Waals surface area contributed by atoms with Gasteiger partial charge in [0.05, 0.1) is 5.52 Å². The van der Waals surface area contributed by atoms with Gasteiger partial charge in [-0.05, 0) is 48.6 Å². The van der Waals surface area contributed by atoms with Crippen molar-refractivity contribution in [1.82, 2.24) is 4.98 Å². The Bertz CT molecular complexity index is 827. The fourth-order valence-corrected chi connectivity index (χ4v) is 2.92. The number of pyridine rings is 1. The third-order valence-electron chi connectivity index (χ3n) is 4.06. The van der Waals surface area contributed by atoms with Crippen LogP contribution >= 0.6 is 0 Å². The second-order valence-corrected chi connectivity index (χ2v) is 5.75. The smallest absolute Gasteiger partial charge is 0.162 e. The average Bonchev–Trinajstić information content (AvgIpc) is 2.56. The third-order valence-corrected chi connectivity index (χ3v) is 4.06. The zero-order valence-electron chi connectivity index (χ0n) is 13.2. The van der Waals surface area contributed by atoms with Gasteiger partial charge in [-0.3, -0.25) is 4.98 Å². The zero-order valence-corrected chi connectivity index (χ0v) is 13.2. The first-order chi connectivity index (χ1) is 11.2. The molecule has 2 aromatic carbocycles. The second kappa shape index (κ2) is 6.86. The van der Waals surface area contributed by atoms with Crippen molar-refractivity contribution in [3.05, 3.63) is 77.0 Å². The molecule has 0 aliphatic rings. The normalized spacial score (nSPS) is 11.1. The van der Waals surface area contributed by atoms with Crippen molar-refractivity contribution in [2.24, 2.45) is 0 Å². The molecule has 0 aliphatic heterocycles. The summed E-state index contributed by atoms with van der Waals surface area (Å²) in [4.78, 5) is 4.67. The van der Waals surface area contributed by atoms with Gasteiger partial charge >= 0.3 is 0 Å². The second-order valence-electron chi connectivity index (χ2n) is 5.75. The molecule has 3 heteroatoms. The van der Waals surface area contributed by atoms with Crippen LogP contribution in [0.15, 0.2) is 48.5 Å². The minimum absolute atomic E-state index is 0.400. The minimum atomic E-state index is -0.791. The van der Waals surface area contributed by atoms with Crippen LogP contribution in [0.3, 0.4) is 0 Å². The minimum Gasteiger partial charge on any atom is -0.253 e. The van der Waals surface area contributed by atoms with Gasteiger partial charge in [-0.15, -0.1) is 0 Å². The van der Waals surface area contributed by atoms with E-state index in [1.165, 1.54) is 10.9 Å². The lowest BCUT2D eigenvalue weighted by molar-refractivity contribution is 0.498. The fourth-order valence-electron chi connectivity index (χ4n) is 2.92. The number of benzene rings is 2. The number of para-hydroxylation sites is 1. The first kappa shape index (κ1) is 15.6. The van der Waals surface area contributed by atoms with Crippen LogP contribution in [0.1, 0.15) is 30.2 Å². The lowest BCUT2D eigenvalue weighted by atomic mass is 10.0. The van der Waals surface area contributed by atoms with Gasteiger partial charge < -0.3 is 0 Å². The number of rotatable bonds is 5. The molecule has 1 aromatic heterocycles. The Kier molecular flexibility index (Phi) is 4.65. The maximum Gasteiger partial charge on any atom is 0.162 e. The highest BCUT2D eigenvalue weighted by Gasteiger charge is 2.09. The highest BCUT2D eigenvalue weighted by Crippen LogP contribution is 2.21. The van der Waals surface area contributed by atoms with E-state index in [0.717, 1.165) is 30.1 Å². The maximum absolute atomic E-state index is 13.8. The summed E-state index contributed by atoms with van der Waals surface area (Å²) in [6.07, 6.45) is 3.10. The molecule has 0 fully saturated rings. The number of hydrogen-bond acceptors (Lipinski definition) is 1. The predicted molar refractivity (Wildman–Crippen MR) is 89.5 cm³/mol. The van der Waals surface area contributed by atoms with E-state index >= 15 is 0 Å². The summed E-state index contributed by atoms with van der Waals surface area (Å²) in [7, 11) is 0. The Morgan fingerprint density at radius 2 is 1.70 bits per heavy atom.